The van der Waals surface area contributed by atoms with E-state index in [9.17, 15) is 29.1 Å². The van der Waals surface area contributed by atoms with Crippen molar-refractivity contribution in [1.29, 1.82) is 0 Å². The number of hydrogen-bond donors (Lipinski definition) is 3. The van der Waals surface area contributed by atoms with Crippen molar-refractivity contribution >= 4 is 29.5 Å². The van der Waals surface area contributed by atoms with Crippen molar-refractivity contribution in [3.8, 4) is 0 Å². The predicted molar refractivity (Wildman–Crippen MR) is 135 cm³/mol. The van der Waals surface area contributed by atoms with Crippen molar-refractivity contribution in [2.75, 3.05) is 20.3 Å². The lowest BCUT2D eigenvalue weighted by Crippen LogP contribution is -2.57. The first kappa shape index (κ1) is 28.5. The molecule has 4 rings (SSSR count). The number of nitrogens with one attached hydrogen (secondary N) is 1. The summed E-state index contributed by atoms with van der Waals surface area (Å²) in [6, 6.07) is 0. The average Bonchev–Trinajstić information content (AvgIpc) is 3.15. The van der Waals surface area contributed by atoms with E-state index in [-0.39, 0.29) is 48.4 Å². The molecule has 0 unspecified atom stereocenters. The molecular formula is C28H35NO10. The minimum absolute atomic E-state index is 0.00849. The quantitative estimate of drug-likeness (QED) is 0.221. The van der Waals surface area contributed by atoms with Crippen LogP contribution in [0.3, 0.4) is 0 Å². The Morgan fingerprint density at radius 3 is 2.56 bits per heavy atom. The zero-order valence-corrected chi connectivity index (χ0v) is 22.6. The van der Waals surface area contributed by atoms with E-state index in [4.69, 9.17) is 19.3 Å². The van der Waals surface area contributed by atoms with Crippen LogP contribution in [0.4, 0.5) is 0 Å². The summed E-state index contributed by atoms with van der Waals surface area (Å²) < 4.78 is 16.9. The molecule has 11 heteroatoms. The number of fused-ring (bicyclic) bond motifs is 4. The highest BCUT2D eigenvalue weighted by atomic mass is 16.6. The topological polar surface area (TPSA) is 166 Å². The number of rotatable bonds is 9. The smallest absolute Gasteiger partial charge is 0.340 e. The van der Waals surface area contributed by atoms with Gasteiger partial charge in [0.2, 0.25) is 5.78 Å². The summed E-state index contributed by atoms with van der Waals surface area (Å²) >= 11 is 0. The first-order valence-corrected chi connectivity index (χ1v) is 13.2. The number of methoxy groups -OCH3 is 1. The molecule has 0 radical (unpaired) electrons. The van der Waals surface area contributed by atoms with E-state index in [2.05, 4.69) is 5.32 Å². The number of hydrogen-bond acceptors (Lipinski definition) is 10. The maximum absolute atomic E-state index is 13.9. The van der Waals surface area contributed by atoms with Crippen LogP contribution in [-0.2, 0) is 38.2 Å². The van der Waals surface area contributed by atoms with Gasteiger partial charge in [0.1, 0.15) is 18.0 Å². The number of allylic oxidation sites excluding steroid dienone is 1. The summed E-state index contributed by atoms with van der Waals surface area (Å²) in [5.74, 6) is -4.09. The normalized spacial score (nSPS) is 33.0. The summed E-state index contributed by atoms with van der Waals surface area (Å²) in [7, 11) is 1.44. The Balaban J connectivity index is 1.84. The van der Waals surface area contributed by atoms with Crippen molar-refractivity contribution in [2.45, 2.75) is 71.5 Å². The van der Waals surface area contributed by atoms with E-state index in [1.165, 1.54) is 20.2 Å². The van der Waals surface area contributed by atoms with Gasteiger partial charge in [0.05, 0.1) is 17.6 Å². The number of esters is 2. The zero-order chi connectivity index (χ0) is 28.7. The third-order valence-electron chi connectivity index (χ3n) is 8.63. The van der Waals surface area contributed by atoms with E-state index in [0.717, 1.165) is 0 Å². The van der Waals surface area contributed by atoms with Gasteiger partial charge >= 0.3 is 17.9 Å². The van der Waals surface area contributed by atoms with Gasteiger partial charge in [-0.1, -0.05) is 6.92 Å². The highest BCUT2D eigenvalue weighted by Crippen LogP contribution is 2.62. The van der Waals surface area contributed by atoms with Gasteiger partial charge in [0.25, 0.3) is 0 Å². The molecule has 1 heterocycles. The number of ether oxygens (including phenoxy) is 3. The summed E-state index contributed by atoms with van der Waals surface area (Å²) in [6.07, 6.45) is 1.24. The van der Waals surface area contributed by atoms with E-state index >= 15 is 0 Å². The molecular weight excluding hydrogens is 510 g/mol. The second-order valence-electron chi connectivity index (χ2n) is 11.0. The molecule has 0 aromatic rings. The Morgan fingerprint density at radius 1 is 1.21 bits per heavy atom. The number of ketones is 2. The number of carboxylic acids is 1. The van der Waals surface area contributed by atoms with Gasteiger partial charge in [-0.05, 0) is 31.8 Å². The lowest BCUT2D eigenvalue weighted by Gasteiger charge is -2.53. The third-order valence-corrected chi connectivity index (χ3v) is 8.63. The predicted octanol–water partition coefficient (Wildman–Crippen LogP) is 2.31. The maximum Gasteiger partial charge on any atom is 0.340 e. The van der Waals surface area contributed by atoms with Crippen LogP contribution in [0.25, 0.3) is 0 Å². The van der Waals surface area contributed by atoms with Gasteiger partial charge in [-0.2, -0.15) is 0 Å². The van der Waals surface area contributed by atoms with E-state index in [1.807, 2.05) is 0 Å². The monoisotopic (exact) mass is 545 g/mol. The molecule has 212 valence electrons. The van der Waals surface area contributed by atoms with Gasteiger partial charge in [-0.25, -0.2) is 4.79 Å². The molecule has 0 aromatic heterocycles. The van der Waals surface area contributed by atoms with Crippen LogP contribution in [0.1, 0.15) is 59.3 Å². The zero-order valence-electron chi connectivity index (χ0n) is 22.6. The molecule has 2 fully saturated rings. The highest BCUT2D eigenvalue weighted by molar-refractivity contribution is 6.14. The van der Waals surface area contributed by atoms with Gasteiger partial charge in [0, 0.05) is 68.5 Å². The van der Waals surface area contributed by atoms with Gasteiger partial charge in [-0.15, -0.1) is 0 Å². The number of aliphatic hydroxyl groups is 1. The Hall–Kier alpha value is -3.47. The lowest BCUT2D eigenvalue weighted by atomic mass is 9.53. The summed E-state index contributed by atoms with van der Waals surface area (Å²) in [5.41, 5.74) is -1.59. The molecule has 0 amide bonds. The van der Waals surface area contributed by atoms with Crippen LogP contribution < -0.4 is 5.32 Å². The fraction of sp³-hybridized carbons (Fsp3) is 0.607. The van der Waals surface area contributed by atoms with Crippen LogP contribution in [0.2, 0.25) is 0 Å². The number of carboxylic acid groups (broad SMARTS) is 1. The van der Waals surface area contributed by atoms with E-state index in [1.54, 1.807) is 13.8 Å². The molecule has 1 saturated carbocycles. The fourth-order valence-corrected chi connectivity index (χ4v) is 6.77. The molecule has 11 nitrogen and oxygen atoms in total. The first-order chi connectivity index (χ1) is 18.4. The number of cyclic esters (lactones) is 1. The second kappa shape index (κ2) is 10.6. The summed E-state index contributed by atoms with van der Waals surface area (Å²) in [4.78, 5) is 63.0. The number of carbonyl (C=O) groups is 5. The molecule has 39 heavy (non-hydrogen) atoms. The number of carbonyl (C=O) groups excluding carboxylic acids is 4. The molecule has 3 aliphatic carbocycles. The fourth-order valence-electron chi connectivity index (χ4n) is 6.77. The Bertz CT molecular complexity index is 1210. The van der Waals surface area contributed by atoms with Gasteiger partial charge in [-0.3, -0.25) is 19.2 Å². The Labute approximate surface area is 226 Å². The van der Waals surface area contributed by atoms with Gasteiger partial charge < -0.3 is 29.7 Å². The van der Waals surface area contributed by atoms with E-state index < -0.39 is 58.4 Å². The van der Waals surface area contributed by atoms with E-state index in [0.29, 0.717) is 31.4 Å². The number of Topliss-reactive ketones (excluding diaryl/α,β-unsaturated/α-hetero) is 2. The molecule has 5 atom stereocenters. The van der Waals surface area contributed by atoms with Crippen LogP contribution in [0, 0.1) is 16.7 Å². The van der Waals surface area contributed by atoms with Crippen LogP contribution in [0.15, 0.2) is 34.3 Å². The maximum atomic E-state index is 13.9. The lowest BCUT2D eigenvalue weighted by molar-refractivity contribution is -0.160. The number of aliphatic carboxylic acids is 1. The minimum Gasteiger partial charge on any atom is -0.504 e. The van der Waals surface area contributed by atoms with Crippen molar-refractivity contribution in [2.24, 2.45) is 16.7 Å². The largest absolute Gasteiger partial charge is 0.504 e. The van der Waals surface area contributed by atoms with Crippen molar-refractivity contribution in [1.82, 2.24) is 5.32 Å². The first-order valence-electron chi connectivity index (χ1n) is 13.2. The number of unbranched alkanes of at least 4 members (excludes halogenated alkanes) is 1. The van der Waals surface area contributed by atoms with Gasteiger partial charge in [0.15, 0.2) is 5.76 Å². The minimum atomic E-state index is -1.30. The second-order valence-corrected chi connectivity index (χ2v) is 11.0. The molecule has 0 bridgehead atoms. The molecule has 0 spiro atoms. The average molecular weight is 546 g/mol. The van der Waals surface area contributed by atoms with Crippen LogP contribution in [-0.4, -0.2) is 72.2 Å². The SMILES string of the molecule is COC[C@H]1OC(=O)/C(=C\NCCCCC(=O)O)C2=C(O)C(=O)C3=C([C@H](OC(C)=O)C[C@]4(C)C(=O)CC[C@@H]34)[C@]21C. The summed E-state index contributed by atoms with van der Waals surface area (Å²) in [6.45, 7) is 5.03. The number of aliphatic hydroxyl groups excluding tert-OH is 1. The molecule has 3 N–H and O–H groups in total. The Morgan fingerprint density at radius 2 is 1.92 bits per heavy atom. The standard InChI is InChI=1S/C28H35NO10/c1-14(30)38-17-11-27(2)16(8-9-18(27)31)21-23(17)28(3)19(13-37-4)39-26(36)15(22(28)25(35)24(21)34)12-29-10-6-5-7-20(32)33/h12,16-17,19,29,35H,5-11,13H2,1-4H3,(H,32,33)/b15-12-/t16-,17+,19+,27-,28-/m0/s1. The Kier molecular flexibility index (Phi) is 7.75. The highest BCUT2D eigenvalue weighted by Gasteiger charge is 2.64. The van der Waals surface area contributed by atoms with Crippen molar-refractivity contribution < 1.29 is 48.4 Å². The molecule has 1 saturated heterocycles. The van der Waals surface area contributed by atoms with Crippen LogP contribution in [0.5, 0.6) is 0 Å². The molecule has 0 aromatic carbocycles. The molecule has 4 aliphatic rings. The van der Waals surface area contributed by atoms with Crippen molar-refractivity contribution in [3.05, 3.63) is 34.3 Å². The molecule has 1 aliphatic heterocycles. The third kappa shape index (κ3) is 4.66. The van der Waals surface area contributed by atoms with Crippen molar-refractivity contribution in [3.63, 3.8) is 0 Å². The van der Waals surface area contributed by atoms with Crippen LogP contribution >= 0.6 is 0 Å². The summed E-state index contributed by atoms with van der Waals surface area (Å²) in [5, 5.41) is 23.2.